The molecule has 0 saturated heterocycles. The molecule has 0 unspecified atom stereocenters. The maximum Gasteiger partial charge on any atom is 0.196 e. The maximum atomic E-state index is 6.03. The van der Waals surface area contributed by atoms with Gasteiger partial charge in [0.25, 0.3) is 0 Å². The molecule has 3 rings (SSSR count). The predicted molar refractivity (Wildman–Crippen MR) is 99.0 cm³/mol. The number of thioether (sulfide) groups is 1. The van der Waals surface area contributed by atoms with Crippen molar-refractivity contribution >= 4 is 23.4 Å². The first kappa shape index (κ1) is 17.0. The van der Waals surface area contributed by atoms with Gasteiger partial charge in [0, 0.05) is 28.6 Å². The Morgan fingerprint density at radius 1 is 1.04 bits per heavy atom. The Hall–Kier alpha value is -1.82. The second kappa shape index (κ2) is 8.33. The third-order valence-corrected chi connectivity index (χ3v) is 4.56. The van der Waals surface area contributed by atoms with Crippen molar-refractivity contribution in [1.29, 1.82) is 0 Å². The Kier molecular flexibility index (Phi) is 5.91. The van der Waals surface area contributed by atoms with Crippen LogP contribution in [-0.2, 0) is 4.74 Å². The first-order valence-electron chi connectivity index (χ1n) is 7.77. The number of ether oxygens (including phenoxy) is 1. The maximum absolute atomic E-state index is 6.03. The molecular weight excluding hydrogens is 342 g/mol. The monoisotopic (exact) mass is 359 g/mol. The van der Waals surface area contributed by atoms with E-state index in [0.29, 0.717) is 11.6 Å². The highest BCUT2D eigenvalue weighted by molar-refractivity contribution is 7.99. The molecule has 0 radical (unpaired) electrons. The Labute approximate surface area is 150 Å². The van der Waals surface area contributed by atoms with E-state index in [0.717, 1.165) is 34.6 Å². The SMILES string of the molecule is CCOCCSc1nnc(-c2ccccc2)n1-c1ccc(Cl)cc1. The third-order valence-electron chi connectivity index (χ3n) is 3.41. The van der Waals surface area contributed by atoms with E-state index in [2.05, 4.69) is 14.8 Å². The molecule has 0 N–H and O–H groups in total. The Morgan fingerprint density at radius 3 is 2.50 bits per heavy atom. The zero-order chi connectivity index (χ0) is 16.8. The van der Waals surface area contributed by atoms with Crippen LogP contribution in [0.4, 0.5) is 0 Å². The fraction of sp³-hybridized carbons (Fsp3) is 0.222. The lowest BCUT2D eigenvalue weighted by Crippen LogP contribution is -2.02. The van der Waals surface area contributed by atoms with E-state index < -0.39 is 0 Å². The van der Waals surface area contributed by atoms with Crippen LogP contribution in [0, 0.1) is 0 Å². The number of nitrogens with zero attached hydrogens (tertiary/aromatic N) is 3. The molecule has 0 saturated carbocycles. The largest absolute Gasteiger partial charge is 0.381 e. The molecule has 0 aliphatic rings. The molecule has 3 aromatic rings. The predicted octanol–water partition coefficient (Wildman–Crippen LogP) is 4.72. The second-order valence-electron chi connectivity index (χ2n) is 5.03. The molecule has 0 bridgehead atoms. The van der Waals surface area contributed by atoms with Crippen molar-refractivity contribution in [3.63, 3.8) is 0 Å². The van der Waals surface area contributed by atoms with Gasteiger partial charge < -0.3 is 4.74 Å². The van der Waals surface area contributed by atoms with Crippen molar-refractivity contribution in [2.24, 2.45) is 0 Å². The van der Waals surface area contributed by atoms with Crippen molar-refractivity contribution in [2.45, 2.75) is 12.1 Å². The average molecular weight is 360 g/mol. The highest BCUT2D eigenvalue weighted by Crippen LogP contribution is 2.28. The summed E-state index contributed by atoms with van der Waals surface area (Å²) in [6.45, 7) is 3.41. The summed E-state index contributed by atoms with van der Waals surface area (Å²) in [5.74, 6) is 1.64. The molecule has 1 aromatic heterocycles. The number of rotatable bonds is 7. The summed E-state index contributed by atoms with van der Waals surface area (Å²) >= 11 is 7.66. The fourth-order valence-electron chi connectivity index (χ4n) is 2.30. The topological polar surface area (TPSA) is 39.9 Å². The van der Waals surface area contributed by atoms with Crippen LogP contribution < -0.4 is 0 Å². The summed E-state index contributed by atoms with van der Waals surface area (Å²) in [7, 11) is 0. The third kappa shape index (κ3) is 3.98. The molecule has 0 amide bonds. The second-order valence-corrected chi connectivity index (χ2v) is 6.53. The van der Waals surface area contributed by atoms with Crippen LogP contribution in [0.1, 0.15) is 6.92 Å². The summed E-state index contributed by atoms with van der Waals surface area (Å²) in [6, 6.07) is 17.8. The minimum Gasteiger partial charge on any atom is -0.381 e. The van der Waals surface area contributed by atoms with Crippen LogP contribution in [0.15, 0.2) is 59.8 Å². The molecule has 0 spiro atoms. The van der Waals surface area contributed by atoms with Gasteiger partial charge in [0.1, 0.15) is 0 Å². The van der Waals surface area contributed by atoms with Crippen molar-refractivity contribution < 1.29 is 4.74 Å². The molecule has 124 valence electrons. The molecule has 0 aliphatic carbocycles. The highest BCUT2D eigenvalue weighted by atomic mass is 35.5. The van der Waals surface area contributed by atoms with Crippen molar-refractivity contribution in [2.75, 3.05) is 19.0 Å². The van der Waals surface area contributed by atoms with Gasteiger partial charge in [-0.25, -0.2) is 0 Å². The molecule has 0 aliphatic heterocycles. The first-order valence-corrected chi connectivity index (χ1v) is 9.13. The fourth-order valence-corrected chi connectivity index (χ4v) is 3.23. The van der Waals surface area contributed by atoms with Gasteiger partial charge in [0.05, 0.1) is 6.61 Å². The molecule has 6 heteroatoms. The van der Waals surface area contributed by atoms with Crippen LogP contribution in [0.2, 0.25) is 5.02 Å². The zero-order valence-corrected chi connectivity index (χ0v) is 14.9. The minimum atomic E-state index is 0.690. The molecule has 24 heavy (non-hydrogen) atoms. The zero-order valence-electron chi connectivity index (χ0n) is 13.4. The number of hydrogen-bond acceptors (Lipinski definition) is 4. The summed E-state index contributed by atoms with van der Waals surface area (Å²) in [6.07, 6.45) is 0. The van der Waals surface area contributed by atoms with E-state index in [-0.39, 0.29) is 0 Å². The van der Waals surface area contributed by atoms with Gasteiger partial charge in [0.2, 0.25) is 0 Å². The molecular formula is C18H18ClN3OS. The van der Waals surface area contributed by atoms with E-state index in [4.69, 9.17) is 16.3 Å². The lowest BCUT2D eigenvalue weighted by molar-refractivity contribution is 0.164. The minimum absolute atomic E-state index is 0.690. The molecule has 4 nitrogen and oxygen atoms in total. The average Bonchev–Trinajstić information content (AvgIpc) is 3.04. The normalized spacial score (nSPS) is 10.9. The summed E-state index contributed by atoms with van der Waals surface area (Å²) in [4.78, 5) is 0. The lowest BCUT2D eigenvalue weighted by Gasteiger charge is -2.10. The molecule has 0 fully saturated rings. The van der Waals surface area contributed by atoms with Gasteiger partial charge in [-0.3, -0.25) is 4.57 Å². The molecule has 2 aromatic carbocycles. The summed E-state index contributed by atoms with van der Waals surface area (Å²) in [5.41, 5.74) is 2.01. The van der Waals surface area contributed by atoms with Crippen LogP contribution in [0.25, 0.3) is 17.1 Å². The van der Waals surface area contributed by atoms with E-state index in [1.807, 2.05) is 61.5 Å². The van der Waals surface area contributed by atoms with Gasteiger partial charge in [-0.1, -0.05) is 53.7 Å². The van der Waals surface area contributed by atoms with Crippen LogP contribution >= 0.6 is 23.4 Å². The van der Waals surface area contributed by atoms with Crippen LogP contribution in [0.3, 0.4) is 0 Å². The number of halogens is 1. The Balaban J connectivity index is 1.97. The Bertz CT molecular complexity index is 775. The van der Waals surface area contributed by atoms with E-state index in [1.54, 1.807) is 11.8 Å². The smallest absolute Gasteiger partial charge is 0.196 e. The summed E-state index contributed by atoms with van der Waals surface area (Å²) in [5, 5.41) is 10.3. The number of benzene rings is 2. The molecule has 0 atom stereocenters. The van der Waals surface area contributed by atoms with Crippen molar-refractivity contribution in [3.8, 4) is 17.1 Å². The van der Waals surface area contributed by atoms with Crippen molar-refractivity contribution in [3.05, 3.63) is 59.6 Å². The van der Waals surface area contributed by atoms with Crippen LogP contribution in [0.5, 0.6) is 0 Å². The van der Waals surface area contributed by atoms with Crippen LogP contribution in [-0.4, -0.2) is 33.7 Å². The van der Waals surface area contributed by atoms with E-state index >= 15 is 0 Å². The van der Waals surface area contributed by atoms with Gasteiger partial charge >= 0.3 is 0 Å². The lowest BCUT2D eigenvalue weighted by atomic mass is 10.2. The standard InChI is InChI=1S/C18H18ClN3OS/c1-2-23-12-13-24-18-21-20-17(14-6-4-3-5-7-14)22(18)16-10-8-15(19)9-11-16/h3-11H,2,12-13H2,1H3. The van der Waals surface area contributed by atoms with Gasteiger partial charge in [-0.05, 0) is 31.2 Å². The van der Waals surface area contributed by atoms with Gasteiger partial charge in [-0.15, -0.1) is 10.2 Å². The highest BCUT2D eigenvalue weighted by Gasteiger charge is 2.15. The van der Waals surface area contributed by atoms with Crippen molar-refractivity contribution in [1.82, 2.24) is 14.8 Å². The Morgan fingerprint density at radius 2 is 1.79 bits per heavy atom. The number of aromatic nitrogens is 3. The quantitative estimate of drug-likeness (QED) is 0.452. The van der Waals surface area contributed by atoms with E-state index in [9.17, 15) is 0 Å². The van der Waals surface area contributed by atoms with Gasteiger partial charge in [-0.2, -0.15) is 0 Å². The first-order chi connectivity index (χ1) is 11.8. The van der Waals surface area contributed by atoms with E-state index in [1.165, 1.54) is 0 Å². The summed E-state index contributed by atoms with van der Waals surface area (Å²) < 4.78 is 7.47. The van der Waals surface area contributed by atoms with Gasteiger partial charge in [0.15, 0.2) is 11.0 Å². The number of hydrogen-bond donors (Lipinski definition) is 0. The molecule has 1 heterocycles.